The lowest BCUT2D eigenvalue weighted by Crippen LogP contribution is -2.65. The lowest BCUT2D eigenvalue weighted by atomic mass is 9.86. The summed E-state index contributed by atoms with van der Waals surface area (Å²) in [6.45, 7) is 0.973. The molecule has 0 aromatic heterocycles. The van der Waals surface area contributed by atoms with E-state index >= 15 is 0 Å². The minimum absolute atomic E-state index is 0.117. The Kier molecular flexibility index (Phi) is 5.57. The van der Waals surface area contributed by atoms with Gasteiger partial charge in [-0.05, 0) is 12.6 Å². The molecule has 1 aromatic rings. The van der Waals surface area contributed by atoms with Crippen molar-refractivity contribution in [3.05, 3.63) is 35.9 Å². The molecule has 1 aromatic carbocycles. The molecule has 126 valence electrons. The standard InChI is InChI=1S/C16H22N2O5/c1-18-9-8-16(21,14(19)22-2)13(10-18)17-15(20)23-11-12-6-4-3-5-7-12/h3-7,13,21H,8-11H2,1-2H3,(H,17,20). The van der Waals surface area contributed by atoms with E-state index in [1.807, 2.05) is 42.3 Å². The zero-order valence-electron chi connectivity index (χ0n) is 13.3. The van der Waals surface area contributed by atoms with Gasteiger partial charge < -0.3 is 24.8 Å². The van der Waals surface area contributed by atoms with Crippen molar-refractivity contribution < 1.29 is 24.2 Å². The smallest absolute Gasteiger partial charge is 0.407 e. The summed E-state index contributed by atoms with van der Waals surface area (Å²) in [5.41, 5.74) is -0.890. The van der Waals surface area contributed by atoms with Crippen molar-refractivity contribution in [2.45, 2.75) is 24.7 Å². The number of nitrogens with zero attached hydrogens (tertiary/aromatic N) is 1. The predicted molar refractivity (Wildman–Crippen MR) is 82.6 cm³/mol. The molecule has 1 fully saturated rings. The number of ether oxygens (including phenoxy) is 2. The molecule has 2 atom stereocenters. The molecular weight excluding hydrogens is 300 g/mol. The third-order valence-electron chi connectivity index (χ3n) is 3.99. The molecule has 0 radical (unpaired) electrons. The van der Waals surface area contributed by atoms with Crippen molar-refractivity contribution in [2.75, 3.05) is 27.2 Å². The maximum atomic E-state index is 12.0. The average Bonchev–Trinajstić information content (AvgIpc) is 2.56. The molecule has 7 heteroatoms. The minimum atomic E-state index is -1.74. The number of aliphatic hydroxyl groups is 1. The largest absolute Gasteiger partial charge is 0.467 e. The maximum Gasteiger partial charge on any atom is 0.407 e. The molecule has 1 heterocycles. The average molecular weight is 322 g/mol. The number of amides is 1. The number of hydrogen-bond acceptors (Lipinski definition) is 6. The Morgan fingerprint density at radius 1 is 1.39 bits per heavy atom. The summed E-state index contributed by atoms with van der Waals surface area (Å²) >= 11 is 0. The molecule has 0 bridgehead atoms. The predicted octanol–water partition coefficient (Wildman–Crippen LogP) is 0.521. The summed E-state index contributed by atoms with van der Waals surface area (Å²) in [4.78, 5) is 25.8. The molecule has 0 aliphatic carbocycles. The van der Waals surface area contributed by atoms with E-state index in [4.69, 9.17) is 4.74 Å². The number of hydrogen-bond donors (Lipinski definition) is 2. The van der Waals surface area contributed by atoms with Gasteiger partial charge in [-0.1, -0.05) is 30.3 Å². The van der Waals surface area contributed by atoms with Crippen LogP contribution in [-0.2, 0) is 20.9 Å². The SMILES string of the molecule is COC(=O)C1(O)CCN(C)CC1NC(=O)OCc1ccccc1. The van der Waals surface area contributed by atoms with Crippen LogP contribution in [-0.4, -0.2) is 61.0 Å². The van der Waals surface area contributed by atoms with E-state index in [2.05, 4.69) is 10.1 Å². The van der Waals surface area contributed by atoms with Crippen LogP contribution < -0.4 is 5.32 Å². The monoisotopic (exact) mass is 322 g/mol. The van der Waals surface area contributed by atoms with Crippen LogP contribution in [0.3, 0.4) is 0 Å². The summed E-state index contributed by atoms with van der Waals surface area (Å²) in [7, 11) is 3.06. The van der Waals surface area contributed by atoms with Crippen LogP contribution in [0.2, 0.25) is 0 Å². The minimum Gasteiger partial charge on any atom is -0.467 e. The number of carbonyl (C=O) groups excluding carboxylic acids is 2. The van der Waals surface area contributed by atoms with E-state index in [-0.39, 0.29) is 13.0 Å². The highest BCUT2D eigenvalue weighted by molar-refractivity contribution is 5.81. The van der Waals surface area contributed by atoms with Crippen LogP contribution in [0.4, 0.5) is 4.79 Å². The van der Waals surface area contributed by atoms with Gasteiger partial charge in [0.25, 0.3) is 0 Å². The number of piperidine rings is 1. The number of carbonyl (C=O) groups is 2. The third kappa shape index (κ3) is 4.20. The fraction of sp³-hybridized carbons (Fsp3) is 0.500. The highest BCUT2D eigenvalue weighted by Gasteiger charge is 2.49. The second-order valence-electron chi connectivity index (χ2n) is 5.69. The molecule has 1 saturated heterocycles. The van der Waals surface area contributed by atoms with Crippen LogP contribution in [0.5, 0.6) is 0 Å². The van der Waals surface area contributed by atoms with Gasteiger partial charge in [0.15, 0.2) is 5.60 Å². The summed E-state index contributed by atoms with van der Waals surface area (Å²) < 4.78 is 9.81. The summed E-state index contributed by atoms with van der Waals surface area (Å²) in [5, 5.41) is 13.2. The molecule has 23 heavy (non-hydrogen) atoms. The fourth-order valence-electron chi connectivity index (χ4n) is 2.58. The molecule has 7 nitrogen and oxygen atoms in total. The van der Waals surface area contributed by atoms with Crippen molar-refractivity contribution >= 4 is 12.1 Å². The Morgan fingerprint density at radius 3 is 2.74 bits per heavy atom. The molecule has 1 aliphatic heterocycles. The van der Waals surface area contributed by atoms with Crippen molar-refractivity contribution in [3.63, 3.8) is 0 Å². The van der Waals surface area contributed by atoms with Crippen molar-refractivity contribution in [1.82, 2.24) is 10.2 Å². The lowest BCUT2D eigenvalue weighted by molar-refractivity contribution is -0.170. The molecule has 1 amide bonds. The van der Waals surface area contributed by atoms with Gasteiger partial charge in [-0.2, -0.15) is 0 Å². The summed E-state index contributed by atoms with van der Waals surface area (Å²) in [5.74, 6) is -0.751. The first-order valence-corrected chi connectivity index (χ1v) is 7.42. The Labute approximate surface area is 135 Å². The third-order valence-corrected chi connectivity index (χ3v) is 3.99. The number of likely N-dealkylation sites (N-methyl/N-ethyl adjacent to an activating group) is 1. The van der Waals surface area contributed by atoms with Crippen LogP contribution in [0, 0.1) is 0 Å². The number of esters is 1. The number of methoxy groups -OCH3 is 1. The second kappa shape index (κ2) is 7.43. The van der Waals surface area contributed by atoms with E-state index in [0.717, 1.165) is 5.56 Å². The zero-order valence-corrected chi connectivity index (χ0v) is 13.3. The van der Waals surface area contributed by atoms with Gasteiger partial charge in [-0.3, -0.25) is 0 Å². The summed E-state index contributed by atoms with van der Waals surface area (Å²) in [6, 6.07) is 8.46. The molecular formula is C16H22N2O5. The number of alkyl carbamates (subject to hydrolysis) is 1. The van der Waals surface area contributed by atoms with E-state index < -0.39 is 23.7 Å². The van der Waals surface area contributed by atoms with Crippen LogP contribution in [0.1, 0.15) is 12.0 Å². The molecule has 2 rings (SSSR count). The van der Waals surface area contributed by atoms with E-state index in [9.17, 15) is 14.7 Å². The first-order chi connectivity index (χ1) is 11.0. The first-order valence-electron chi connectivity index (χ1n) is 7.42. The first kappa shape index (κ1) is 17.2. The highest BCUT2D eigenvalue weighted by Crippen LogP contribution is 2.23. The molecule has 2 N–H and O–H groups in total. The second-order valence-corrected chi connectivity index (χ2v) is 5.69. The van der Waals surface area contributed by atoms with E-state index in [1.54, 1.807) is 0 Å². The Bertz CT molecular complexity index is 551. The van der Waals surface area contributed by atoms with Crippen LogP contribution >= 0.6 is 0 Å². The van der Waals surface area contributed by atoms with Gasteiger partial charge in [0, 0.05) is 19.5 Å². The number of likely N-dealkylation sites (tertiary alicyclic amines) is 1. The fourth-order valence-corrected chi connectivity index (χ4v) is 2.58. The Hall–Kier alpha value is -2.12. The maximum absolute atomic E-state index is 12.0. The molecule has 0 spiro atoms. The van der Waals surface area contributed by atoms with Gasteiger partial charge in [0.1, 0.15) is 6.61 Å². The Morgan fingerprint density at radius 2 is 2.09 bits per heavy atom. The topological polar surface area (TPSA) is 88.1 Å². The lowest BCUT2D eigenvalue weighted by Gasteiger charge is -2.41. The molecule has 1 aliphatic rings. The summed E-state index contributed by atoms with van der Waals surface area (Å²) in [6.07, 6.45) is -0.503. The normalized spacial score (nSPS) is 24.7. The number of nitrogens with one attached hydrogen (secondary N) is 1. The van der Waals surface area contributed by atoms with Crippen molar-refractivity contribution in [3.8, 4) is 0 Å². The van der Waals surface area contributed by atoms with E-state index in [0.29, 0.717) is 13.1 Å². The van der Waals surface area contributed by atoms with Crippen molar-refractivity contribution in [1.29, 1.82) is 0 Å². The van der Waals surface area contributed by atoms with Gasteiger partial charge in [0.2, 0.25) is 0 Å². The number of rotatable bonds is 4. The van der Waals surface area contributed by atoms with E-state index in [1.165, 1.54) is 7.11 Å². The zero-order chi connectivity index (χ0) is 16.9. The molecule has 2 unspecified atom stereocenters. The van der Waals surface area contributed by atoms with Crippen LogP contribution in [0.15, 0.2) is 30.3 Å². The van der Waals surface area contributed by atoms with Crippen molar-refractivity contribution in [2.24, 2.45) is 0 Å². The quantitative estimate of drug-likeness (QED) is 0.786. The number of benzene rings is 1. The highest BCUT2D eigenvalue weighted by atomic mass is 16.6. The molecule has 0 saturated carbocycles. The van der Waals surface area contributed by atoms with Gasteiger partial charge in [0.05, 0.1) is 13.2 Å². The Balaban J connectivity index is 1.97. The van der Waals surface area contributed by atoms with Gasteiger partial charge in [-0.15, -0.1) is 0 Å². The van der Waals surface area contributed by atoms with Gasteiger partial charge in [-0.25, -0.2) is 9.59 Å². The van der Waals surface area contributed by atoms with Crippen LogP contribution in [0.25, 0.3) is 0 Å². The van der Waals surface area contributed by atoms with Gasteiger partial charge >= 0.3 is 12.1 Å².